The summed E-state index contributed by atoms with van der Waals surface area (Å²) in [7, 11) is -3.53. The van der Waals surface area contributed by atoms with E-state index in [0.29, 0.717) is 36.0 Å². The van der Waals surface area contributed by atoms with Gasteiger partial charge in [0.2, 0.25) is 15.9 Å². The lowest BCUT2D eigenvalue weighted by molar-refractivity contribution is -0.120. The molecule has 166 valence electrons. The number of rotatable bonds is 4. The maximum absolute atomic E-state index is 12.9. The minimum absolute atomic E-state index is 0.0792. The van der Waals surface area contributed by atoms with Crippen molar-refractivity contribution in [2.45, 2.75) is 35.3 Å². The lowest BCUT2D eigenvalue weighted by Crippen LogP contribution is -2.41. The van der Waals surface area contributed by atoms with E-state index in [1.807, 2.05) is 19.1 Å². The number of aryl methyl sites for hydroxylation is 1. The Morgan fingerprint density at radius 2 is 1.81 bits per heavy atom. The Kier molecular flexibility index (Phi) is 5.83. The highest BCUT2D eigenvalue weighted by molar-refractivity contribution is 7.98. The van der Waals surface area contributed by atoms with Crippen LogP contribution in [0.25, 0.3) is 11.3 Å². The molecule has 1 fully saturated rings. The summed E-state index contributed by atoms with van der Waals surface area (Å²) in [5.74, 6) is 0.557. The predicted molar refractivity (Wildman–Crippen MR) is 128 cm³/mol. The van der Waals surface area contributed by atoms with Crippen LogP contribution in [0.15, 0.2) is 58.3 Å². The van der Waals surface area contributed by atoms with Gasteiger partial charge in [-0.3, -0.25) is 4.79 Å². The molecule has 1 aromatic heterocycles. The van der Waals surface area contributed by atoms with Crippen molar-refractivity contribution in [2.75, 3.05) is 18.4 Å². The van der Waals surface area contributed by atoms with E-state index < -0.39 is 10.0 Å². The lowest BCUT2D eigenvalue weighted by Gasteiger charge is -2.30. The van der Waals surface area contributed by atoms with Gasteiger partial charge in [0.15, 0.2) is 5.13 Å². The zero-order valence-electron chi connectivity index (χ0n) is 17.6. The van der Waals surface area contributed by atoms with Crippen molar-refractivity contribution in [2.24, 2.45) is 5.92 Å². The number of aromatic nitrogens is 1. The van der Waals surface area contributed by atoms with Gasteiger partial charge in [0.05, 0.1) is 10.6 Å². The van der Waals surface area contributed by atoms with E-state index in [1.165, 1.54) is 25.4 Å². The number of hydrogen-bond donors (Lipinski definition) is 1. The fourth-order valence-corrected chi connectivity index (χ4v) is 7.64. The number of thioether (sulfide) groups is 1. The normalized spacial score (nSPS) is 16.9. The molecule has 2 aromatic carbocycles. The van der Waals surface area contributed by atoms with E-state index in [0.717, 1.165) is 22.6 Å². The van der Waals surface area contributed by atoms with E-state index in [2.05, 4.69) is 17.4 Å². The van der Waals surface area contributed by atoms with Crippen molar-refractivity contribution in [3.05, 3.63) is 59.0 Å². The number of nitrogens with one attached hydrogen (secondary N) is 1. The van der Waals surface area contributed by atoms with Gasteiger partial charge in [-0.1, -0.05) is 35.9 Å². The first kappa shape index (κ1) is 21.6. The molecule has 2 aliphatic rings. The molecule has 6 nitrogen and oxygen atoms in total. The molecular weight excluding hydrogens is 462 g/mol. The molecule has 0 radical (unpaired) electrons. The molecule has 0 saturated carbocycles. The summed E-state index contributed by atoms with van der Waals surface area (Å²) in [5, 5.41) is 3.60. The quantitative estimate of drug-likeness (QED) is 0.576. The number of anilines is 1. The Morgan fingerprint density at radius 3 is 2.56 bits per heavy atom. The second-order valence-electron chi connectivity index (χ2n) is 8.06. The Morgan fingerprint density at radius 1 is 1.09 bits per heavy atom. The average molecular weight is 486 g/mol. The molecule has 5 rings (SSSR count). The third kappa shape index (κ3) is 4.10. The Labute approximate surface area is 196 Å². The van der Waals surface area contributed by atoms with E-state index >= 15 is 0 Å². The molecule has 9 heteroatoms. The summed E-state index contributed by atoms with van der Waals surface area (Å²) < 4.78 is 27.3. The fraction of sp³-hybridized carbons (Fsp3) is 0.304. The van der Waals surface area contributed by atoms with Crippen LogP contribution in [0, 0.1) is 12.8 Å². The molecule has 0 spiro atoms. The van der Waals surface area contributed by atoms with Crippen LogP contribution in [-0.2, 0) is 20.6 Å². The van der Waals surface area contributed by atoms with Gasteiger partial charge >= 0.3 is 0 Å². The molecule has 0 bridgehead atoms. The lowest BCUT2D eigenvalue weighted by atomic mass is 9.97. The number of sulfonamides is 1. The number of carbonyl (C=O) groups is 1. The first-order valence-corrected chi connectivity index (χ1v) is 13.8. The highest BCUT2D eigenvalue weighted by atomic mass is 32.2. The molecule has 0 unspecified atom stereocenters. The molecule has 3 heterocycles. The van der Waals surface area contributed by atoms with E-state index in [9.17, 15) is 13.2 Å². The van der Waals surface area contributed by atoms with E-state index in [-0.39, 0.29) is 11.8 Å². The Balaban J connectivity index is 1.23. The van der Waals surface area contributed by atoms with E-state index in [1.54, 1.807) is 36.0 Å². The van der Waals surface area contributed by atoms with Gasteiger partial charge in [-0.15, -0.1) is 23.1 Å². The highest BCUT2D eigenvalue weighted by Crippen LogP contribution is 2.44. The van der Waals surface area contributed by atoms with Gasteiger partial charge in [-0.25, -0.2) is 13.4 Å². The number of hydrogen-bond acceptors (Lipinski definition) is 6. The second kappa shape index (κ2) is 8.62. The van der Waals surface area contributed by atoms with Crippen LogP contribution >= 0.6 is 23.1 Å². The molecule has 1 saturated heterocycles. The SMILES string of the molecule is Cc1ccc(S(=O)(=O)N2CCC(C(=O)Nc3nc4c(s3)CSc3ccccc3-4)CC2)cc1. The van der Waals surface area contributed by atoms with Crippen molar-refractivity contribution in [1.29, 1.82) is 0 Å². The summed E-state index contributed by atoms with van der Waals surface area (Å²) in [5.41, 5.74) is 3.09. The van der Waals surface area contributed by atoms with Crippen molar-refractivity contribution in [3.8, 4) is 11.3 Å². The first-order valence-electron chi connectivity index (χ1n) is 10.5. The van der Waals surface area contributed by atoms with Crippen molar-refractivity contribution in [3.63, 3.8) is 0 Å². The largest absolute Gasteiger partial charge is 0.302 e. The van der Waals surface area contributed by atoms with Gasteiger partial charge in [-0.05, 0) is 38.0 Å². The molecule has 0 aliphatic carbocycles. The number of piperidine rings is 1. The van der Waals surface area contributed by atoms with Crippen LogP contribution in [0.1, 0.15) is 23.3 Å². The fourth-order valence-electron chi connectivity index (χ4n) is 4.07. The smallest absolute Gasteiger partial charge is 0.243 e. The number of benzene rings is 2. The minimum atomic E-state index is -3.53. The summed E-state index contributed by atoms with van der Waals surface area (Å²) >= 11 is 3.31. The maximum atomic E-state index is 12.9. The van der Waals surface area contributed by atoms with Gasteiger partial charge in [0.1, 0.15) is 0 Å². The zero-order chi connectivity index (χ0) is 22.3. The summed E-state index contributed by atoms with van der Waals surface area (Å²) in [6, 6.07) is 15.1. The van der Waals surface area contributed by atoms with Crippen molar-refractivity contribution >= 4 is 44.2 Å². The number of carbonyl (C=O) groups excluding carboxylic acids is 1. The molecule has 1 N–H and O–H groups in total. The third-order valence-corrected chi connectivity index (χ3v) is 10.1. The standard InChI is InChI=1S/C23H23N3O3S3/c1-15-6-8-17(9-7-15)32(28,29)26-12-10-16(11-13-26)22(27)25-23-24-21-18-4-2-3-5-19(18)30-14-20(21)31-23/h2-9,16H,10-14H2,1H3,(H,24,25,27). The van der Waals surface area contributed by atoms with Gasteiger partial charge in [-0.2, -0.15) is 4.31 Å². The van der Waals surface area contributed by atoms with Gasteiger partial charge < -0.3 is 5.32 Å². The number of nitrogens with zero attached hydrogens (tertiary/aromatic N) is 2. The van der Waals surface area contributed by atoms with Crippen LogP contribution in [-0.4, -0.2) is 36.7 Å². The van der Waals surface area contributed by atoms with Crippen LogP contribution in [0.3, 0.4) is 0 Å². The molecular formula is C23H23N3O3S3. The molecule has 0 atom stereocenters. The average Bonchev–Trinajstić information content (AvgIpc) is 3.22. The summed E-state index contributed by atoms with van der Waals surface area (Å²) in [6.45, 7) is 2.61. The molecule has 2 aliphatic heterocycles. The van der Waals surface area contributed by atoms with Crippen LogP contribution in [0.2, 0.25) is 0 Å². The highest BCUT2D eigenvalue weighted by Gasteiger charge is 2.32. The van der Waals surface area contributed by atoms with Crippen LogP contribution < -0.4 is 5.32 Å². The van der Waals surface area contributed by atoms with Crippen LogP contribution in [0.5, 0.6) is 0 Å². The summed E-state index contributed by atoms with van der Waals surface area (Å²) in [4.78, 5) is 20.3. The Bertz CT molecular complexity index is 1260. The number of thiazole rings is 1. The first-order chi connectivity index (χ1) is 15.4. The van der Waals surface area contributed by atoms with Crippen molar-refractivity contribution < 1.29 is 13.2 Å². The molecule has 1 amide bonds. The monoisotopic (exact) mass is 485 g/mol. The predicted octanol–water partition coefficient (Wildman–Crippen LogP) is 4.76. The summed E-state index contributed by atoms with van der Waals surface area (Å²) in [6.07, 6.45) is 1.00. The Hall–Kier alpha value is -2.20. The number of amides is 1. The molecule has 3 aromatic rings. The third-order valence-electron chi connectivity index (χ3n) is 5.91. The van der Waals surface area contributed by atoms with Gasteiger partial charge in [0, 0.05) is 40.1 Å². The van der Waals surface area contributed by atoms with E-state index in [4.69, 9.17) is 4.98 Å². The maximum Gasteiger partial charge on any atom is 0.243 e. The molecule has 32 heavy (non-hydrogen) atoms. The second-order valence-corrected chi connectivity index (χ2v) is 12.1. The minimum Gasteiger partial charge on any atom is -0.302 e. The zero-order valence-corrected chi connectivity index (χ0v) is 20.0. The van der Waals surface area contributed by atoms with Crippen LogP contribution in [0.4, 0.5) is 5.13 Å². The van der Waals surface area contributed by atoms with Crippen molar-refractivity contribution in [1.82, 2.24) is 9.29 Å². The number of fused-ring (bicyclic) bond motifs is 3. The van der Waals surface area contributed by atoms with Gasteiger partial charge in [0.25, 0.3) is 0 Å². The topological polar surface area (TPSA) is 79.4 Å².